The average molecular weight is 409 g/mol. The maximum absolute atomic E-state index is 12.3. The lowest BCUT2D eigenvalue weighted by Gasteiger charge is -2.25. The van der Waals surface area contributed by atoms with Crippen LogP contribution in [0, 0.1) is 0 Å². The molecule has 0 amide bonds. The number of carbonyl (C=O) groups is 1. The van der Waals surface area contributed by atoms with Crippen molar-refractivity contribution in [3.05, 3.63) is 64.0 Å². The van der Waals surface area contributed by atoms with E-state index in [-0.39, 0.29) is 12.2 Å². The summed E-state index contributed by atoms with van der Waals surface area (Å²) in [6.07, 6.45) is -0.542. The Balaban J connectivity index is 2.23. The number of benzene rings is 2. The molecule has 1 N–H and O–H groups in total. The number of hydrogen-bond acceptors (Lipinski definition) is 6. The predicted molar refractivity (Wildman–Crippen MR) is 118 cm³/mol. The molecule has 0 saturated carbocycles. The number of nitrogens with zero attached hydrogens (tertiary/aromatic N) is 1. The van der Waals surface area contributed by atoms with Gasteiger partial charge >= 0.3 is 11.6 Å². The second-order valence-electron chi connectivity index (χ2n) is 7.05. The Kier molecular flexibility index (Phi) is 6.57. The molecule has 6 nitrogen and oxygen atoms in total. The van der Waals surface area contributed by atoms with E-state index in [9.17, 15) is 14.7 Å². The molecule has 0 aliphatic carbocycles. The molecule has 0 radical (unpaired) electrons. The second kappa shape index (κ2) is 9.13. The van der Waals surface area contributed by atoms with Crippen molar-refractivity contribution in [2.75, 3.05) is 24.6 Å². The van der Waals surface area contributed by atoms with Gasteiger partial charge in [0, 0.05) is 35.8 Å². The molecule has 30 heavy (non-hydrogen) atoms. The number of rotatable bonds is 7. The minimum atomic E-state index is -0.708. The lowest BCUT2D eigenvalue weighted by atomic mass is 9.98. The first-order valence-electron chi connectivity index (χ1n) is 10.2. The van der Waals surface area contributed by atoms with Crippen LogP contribution in [0.15, 0.2) is 51.7 Å². The van der Waals surface area contributed by atoms with Gasteiger partial charge in [-0.25, -0.2) is 9.59 Å². The topological polar surface area (TPSA) is 80.0 Å². The average Bonchev–Trinajstić information content (AvgIpc) is 2.74. The van der Waals surface area contributed by atoms with Gasteiger partial charge in [-0.1, -0.05) is 24.3 Å². The summed E-state index contributed by atoms with van der Waals surface area (Å²) in [5.74, 6) is -0.691. The zero-order chi connectivity index (χ0) is 21.8. The molecule has 0 aliphatic rings. The molecule has 3 rings (SSSR count). The van der Waals surface area contributed by atoms with Gasteiger partial charge in [0.05, 0.1) is 12.7 Å². The Hall–Kier alpha value is -3.12. The normalized spacial score (nSPS) is 12.0. The van der Waals surface area contributed by atoms with Crippen molar-refractivity contribution in [1.29, 1.82) is 0 Å². The van der Waals surface area contributed by atoms with Crippen LogP contribution in [0.4, 0.5) is 5.69 Å². The van der Waals surface area contributed by atoms with Crippen LogP contribution in [0.3, 0.4) is 0 Å². The number of ether oxygens (including phenoxy) is 1. The van der Waals surface area contributed by atoms with E-state index < -0.39 is 17.7 Å². The van der Waals surface area contributed by atoms with Crippen LogP contribution >= 0.6 is 0 Å². The van der Waals surface area contributed by atoms with E-state index in [2.05, 4.69) is 18.7 Å². The lowest BCUT2D eigenvalue weighted by Crippen LogP contribution is -2.22. The van der Waals surface area contributed by atoms with Crippen molar-refractivity contribution in [2.45, 2.75) is 33.8 Å². The highest BCUT2D eigenvalue weighted by Gasteiger charge is 2.18. The van der Waals surface area contributed by atoms with E-state index in [4.69, 9.17) is 9.15 Å². The molecular weight excluding hydrogens is 382 g/mol. The summed E-state index contributed by atoms with van der Waals surface area (Å²) in [7, 11) is 0. The molecule has 0 spiro atoms. The van der Waals surface area contributed by atoms with Gasteiger partial charge in [0.1, 0.15) is 11.1 Å². The first-order chi connectivity index (χ1) is 14.4. The molecule has 0 aliphatic heterocycles. The smallest absolute Gasteiger partial charge is 0.351 e. The van der Waals surface area contributed by atoms with E-state index in [1.807, 2.05) is 36.4 Å². The highest BCUT2D eigenvalue weighted by molar-refractivity contribution is 5.96. The van der Waals surface area contributed by atoms with Gasteiger partial charge in [-0.2, -0.15) is 0 Å². The third-order valence-electron chi connectivity index (χ3n) is 5.15. The Morgan fingerprint density at radius 2 is 1.77 bits per heavy atom. The third-order valence-corrected chi connectivity index (χ3v) is 5.15. The third kappa shape index (κ3) is 4.24. The number of fused-ring (bicyclic) bond motifs is 1. The number of anilines is 1. The summed E-state index contributed by atoms with van der Waals surface area (Å²) >= 11 is 0. The summed E-state index contributed by atoms with van der Waals surface area (Å²) in [6, 6.07) is 13.0. The number of hydrogen-bond donors (Lipinski definition) is 1. The Morgan fingerprint density at radius 1 is 1.10 bits per heavy atom. The summed E-state index contributed by atoms with van der Waals surface area (Å²) < 4.78 is 10.4. The summed E-state index contributed by atoms with van der Waals surface area (Å²) in [5, 5.41) is 10.4. The molecule has 3 aromatic rings. The number of aliphatic hydroxyl groups is 1. The van der Waals surface area contributed by atoms with Crippen molar-refractivity contribution < 1.29 is 19.1 Å². The monoisotopic (exact) mass is 409 g/mol. The van der Waals surface area contributed by atoms with Crippen LogP contribution in [0.25, 0.3) is 22.1 Å². The summed E-state index contributed by atoms with van der Waals surface area (Å²) in [6.45, 7) is 9.29. The van der Waals surface area contributed by atoms with Gasteiger partial charge in [0.2, 0.25) is 0 Å². The first kappa shape index (κ1) is 21.6. The summed E-state index contributed by atoms with van der Waals surface area (Å²) in [4.78, 5) is 26.6. The van der Waals surface area contributed by atoms with E-state index in [0.29, 0.717) is 11.0 Å². The molecule has 1 aromatic heterocycles. The van der Waals surface area contributed by atoms with E-state index >= 15 is 0 Å². The van der Waals surface area contributed by atoms with Crippen LogP contribution < -0.4 is 10.5 Å². The predicted octanol–water partition coefficient (Wildman–Crippen LogP) is 4.54. The van der Waals surface area contributed by atoms with E-state index in [0.717, 1.165) is 35.5 Å². The van der Waals surface area contributed by atoms with Gasteiger partial charge in [-0.05, 0) is 51.0 Å². The van der Waals surface area contributed by atoms with Crippen molar-refractivity contribution in [3.63, 3.8) is 0 Å². The standard InChI is InChI=1S/C24H27NO5/c1-5-25(6-2)21-14-22-18(13-20(24(28)30-22)23(27)29-7-3)12-19(21)17-10-8-16(9-11-17)15(4)26/h8-15,26H,5-7H2,1-4H3. The highest BCUT2D eigenvalue weighted by Crippen LogP contribution is 2.35. The minimum Gasteiger partial charge on any atom is -0.462 e. The van der Waals surface area contributed by atoms with Crippen molar-refractivity contribution in [2.24, 2.45) is 0 Å². The number of aliphatic hydroxyl groups excluding tert-OH is 1. The molecule has 1 heterocycles. The molecule has 1 atom stereocenters. The SMILES string of the molecule is CCOC(=O)c1cc2cc(-c3ccc(C(C)O)cc3)c(N(CC)CC)cc2oc1=O. The van der Waals surface area contributed by atoms with Crippen LogP contribution in [-0.4, -0.2) is 30.8 Å². The molecule has 0 bridgehead atoms. The number of carbonyl (C=O) groups excluding carboxylic acids is 1. The fourth-order valence-corrected chi connectivity index (χ4v) is 3.51. The molecule has 0 fully saturated rings. The Morgan fingerprint density at radius 3 is 2.33 bits per heavy atom. The Bertz CT molecular complexity index is 1100. The summed E-state index contributed by atoms with van der Waals surface area (Å²) in [5.41, 5.74) is 3.28. The van der Waals surface area contributed by atoms with Crippen molar-refractivity contribution in [1.82, 2.24) is 0 Å². The van der Waals surface area contributed by atoms with E-state index in [1.54, 1.807) is 13.8 Å². The molecular formula is C24H27NO5. The van der Waals surface area contributed by atoms with Gasteiger partial charge < -0.3 is 19.2 Å². The lowest BCUT2D eigenvalue weighted by molar-refractivity contribution is 0.0521. The van der Waals surface area contributed by atoms with Gasteiger partial charge in [-0.3, -0.25) is 0 Å². The maximum Gasteiger partial charge on any atom is 0.351 e. The van der Waals surface area contributed by atoms with Crippen LogP contribution in [-0.2, 0) is 4.74 Å². The fourth-order valence-electron chi connectivity index (χ4n) is 3.51. The second-order valence-corrected chi connectivity index (χ2v) is 7.05. The minimum absolute atomic E-state index is 0.115. The number of esters is 1. The van der Waals surface area contributed by atoms with Gasteiger partial charge in [0.15, 0.2) is 0 Å². The zero-order valence-electron chi connectivity index (χ0n) is 17.8. The van der Waals surface area contributed by atoms with E-state index in [1.165, 1.54) is 6.07 Å². The highest BCUT2D eigenvalue weighted by atomic mass is 16.5. The van der Waals surface area contributed by atoms with Gasteiger partial charge in [-0.15, -0.1) is 0 Å². The largest absolute Gasteiger partial charge is 0.462 e. The molecule has 0 saturated heterocycles. The van der Waals surface area contributed by atoms with Crippen molar-refractivity contribution >= 4 is 22.6 Å². The zero-order valence-corrected chi connectivity index (χ0v) is 17.8. The molecule has 158 valence electrons. The van der Waals surface area contributed by atoms with Crippen LogP contribution in [0.5, 0.6) is 0 Å². The van der Waals surface area contributed by atoms with Crippen molar-refractivity contribution in [3.8, 4) is 11.1 Å². The van der Waals surface area contributed by atoms with Crippen LogP contribution in [0.2, 0.25) is 0 Å². The first-order valence-corrected chi connectivity index (χ1v) is 10.2. The maximum atomic E-state index is 12.3. The van der Waals surface area contributed by atoms with Gasteiger partial charge in [0.25, 0.3) is 0 Å². The fraction of sp³-hybridized carbons (Fsp3) is 0.333. The molecule has 6 heteroatoms. The quantitative estimate of drug-likeness (QED) is 0.456. The Labute approximate surface area is 175 Å². The molecule has 2 aromatic carbocycles. The molecule has 1 unspecified atom stereocenters. The van der Waals surface area contributed by atoms with Crippen LogP contribution in [0.1, 0.15) is 49.7 Å².